The van der Waals surface area contributed by atoms with Crippen LogP contribution in [0.1, 0.15) is 37.9 Å². The average Bonchev–Trinajstić information content (AvgIpc) is 3.16. The van der Waals surface area contributed by atoms with Gasteiger partial charge < -0.3 is 9.84 Å². The molecule has 0 saturated carbocycles. The molecule has 6 heteroatoms. The van der Waals surface area contributed by atoms with Gasteiger partial charge >= 0.3 is 0 Å². The number of benzene rings is 1. The van der Waals surface area contributed by atoms with Crippen molar-refractivity contribution in [1.29, 1.82) is 0 Å². The van der Waals surface area contributed by atoms with Gasteiger partial charge in [0.05, 0.1) is 11.3 Å². The van der Waals surface area contributed by atoms with Crippen molar-refractivity contribution in [3.63, 3.8) is 0 Å². The Labute approximate surface area is 127 Å². The van der Waals surface area contributed by atoms with Crippen molar-refractivity contribution >= 4 is 11.8 Å². The van der Waals surface area contributed by atoms with Gasteiger partial charge in [-0.2, -0.15) is 4.98 Å². The first-order valence-corrected chi connectivity index (χ1v) is 8.17. The van der Waals surface area contributed by atoms with Gasteiger partial charge in [0.15, 0.2) is 5.82 Å². The fraction of sp³-hybridized carbons (Fsp3) is 0.467. The predicted octanol–water partition coefficient (Wildman–Crippen LogP) is 3.49. The lowest BCUT2D eigenvalue weighted by Gasteiger charge is -2.22. The molecule has 1 unspecified atom stereocenters. The van der Waals surface area contributed by atoms with E-state index in [2.05, 4.69) is 22.4 Å². The van der Waals surface area contributed by atoms with Gasteiger partial charge in [0.2, 0.25) is 5.89 Å². The minimum atomic E-state index is -0.224. The summed E-state index contributed by atoms with van der Waals surface area (Å²) in [4.78, 5) is 5.53. The van der Waals surface area contributed by atoms with Gasteiger partial charge in [-0.05, 0) is 50.1 Å². The molecule has 0 spiro atoms. The maximum Gasteiger partial charge on any atom is 0.246 e. The van der Waals surface area contributed by atoms with Crippen molar-refractivity contribution in [3.8, 4) is 0 Å². The summed E-state index contributed by atoms with van der Waals surface area (Å²) in [5, 5.41) is 7.55. The number of hydrogen-bond acceptors (Lipinski definition) is 5. The van der Waals surface area contributed by atoms with E-state index in [0.717, 1.165) is 30.7 Å². The molecule has 0 radical (unpaired) electrons. The summed E-state index contributed by atoms with van der Waals surface area (Å²) in [5.74, 6) is 1.77. The van der Waals surface area contributed by atoms with Crippen molar-refractivity contribution in [2.75, 3.05) is 6.54 Å². The fourth-order valence-electron chi connectivity index (χ4n) is 2.63. The molecule has 1 aromatic heterocycles. The van der Waals surface area contributed by atoms with Crippen LogP contribution in [0.5, 0.6) is 0 Å². The lowest BCUT2D eigenvalue weighted by atomic mass is 9.94. The van der Waals surface area contributed by atoms with E-state index in [9.17, 15) is 4.39 Å². The van der Waals surface area contributed by atoms with Crippen LogP contribution in [0.25, 0.3) is 0 Å². The summed E-state index contributed by atoms with van der Waals surface area (Å²) < 4.78 is 18.3. The largest absolute Gasteiger partial charge is 0.337 e. The summed E-state index contributed by atoms with van der Waals surface area (Å²) in [5.41, 5.74) is -0.147. The fourth-order valence-corrected chi connectivity index (χ4v) is 3.37. The molecule has 2 heterocycles. The van der Waals surface area contributed by atoms with E-state index in [4.69, 9.17) is 4.52 Å². The van der Waals surface area contributed by atoms with Crippen LogP contribution in [0, 0.1) is 5.82 Å². The van der Waals surface area contributed by atoms with E-state index >= 15 is 0 Å². The molecule has 0 aliphatic carbocycles. The van der Waals surface area contributed by atoms with Gasteiger partial charge in [0.1, 0.15) is 5.82 Å². The van der Waals surface area contributed by atoms with Gasteiger partial charge in [-0.1, -0.05) is 12.1 Å². The first-order chi connectivity index (χ1) is 10.2. The molecular weight excluding hydrogens is 289 g/mol. The van der Waals surface area contributed by atoms with E-state index in [1.165, 1.54) is 12.1 Å². The van der Waals surface area contributed by atoms with Gasteiger partial charge in [-0.25, -0.2) is 4.39 Å². The topological polar surface area (TPSA) is 51.0 Å². The Bertz CT molecular complexity index is 593. The molecule has 0 bridgehead atoms. The first kappa shape index (κ1) is 14.5. The SMILES string of the molecule is CCC1(c2nc(CSc3ccc(F)cc3)no2)CCCN1. The van der Waals surface area contributed by atoms with Gasteiger partial charge in [0, 0.05) is 4.90 Å². The smallest absolute Gasteiger partial charge is 0.246 e. The van der Waals surface area contributed by atoms with Gasteiger partial charge in [0.25, 0.3) is 0 Å². The van der Waals surface area contributed by atoms with Gasteiger partial charge in [-0.15, -0.1) is 11.8 Å². The summed E-state index contributed by atoms with van der Waals surface area (Å²) in [6.07, 6.45) is 3.12. The number of aromatic nitrogens is 2. The van der Waals surface area contributed by atoms with Crippen LogP contribution in [0.3, 0.4) is 0 Å². The van der Waals surface area contributed by atoms with E-state index in [0.29, 0.717) is 17.5 Å². The molecule has 1 atom stereocenters. The van der Waals surface area contributed by atoms with Gasteiger partial charge in [-0.3, -0.25) is 0 Å². The number of nitrogens with one attached hydrogen (secondary N) is 1. The summed E-state index contributed by atoms with van der Waals surface area (Å²) >= 11 is 1.57. The Hall–Kier alpha value is -1.40. The zero-order valence-corrected chi connectivity index (χ0v) is 12.8. The Morgan fingerprint density at radius 3 is 2.86 bits per heavy atom. The maximum absolute atomic E-state index is 12.9. The quantitative estimate of drug-likeness (QED) is 0.857. The molecule has 2 aromatic rings. The monoisotopic (exact) mass is 307 g/mol. The number of thioether (sulfide) groups is 1. The first-order valence-electron chi connectivity index (χ1n) is 7.18. The Kier molecular flexibility index (Phi) is 4.26. The lowest BCUT2D eigenvalue weighted by molar-refractivity contribution is 0.249. The van der Waals surface area contributed by atoms with Crippen LogP contribution >= 0.6 is 11.8 Å². The zero-order chi connectivity index (χ0) is 14.7. The summed E-state index contributed by atoms with van der Waals surface area (Å²) in [6.45, 7) is 3.13. The van der Waals surface area contributed by atoms with Crippen molar-refractivity contribution in [3.05, 3.63) is 41.8 Å². The minimum absolute atomic E-state index is 0.147. The molecule has 1 N–H and O–H groups in total. The van der Waals surface area contributed by atoms with Crippen LogP contribution in [0.4, 0.5) is 4.39 Å². The van der Waals surface area contributed by atoms with Crippen molar-refractivity contribution < 1.29 is 8.91 Å². The normalized spacial score (nSPS) is 21.8. The molecule has 3 rings (SSSR count). The van der Waals surface area contributed by atoms with Crippen molar-refractivity contribution in [2.24, 2.45) is 0 Å². The predicted molar refractivity (Wildman–Crippen MR) is 79.5 cm³/mol. The highest BCUT2D eigenvalue weighted by molar-refractivity contribution is 7.98. The molecule has 112 valence electrons. The number of rotatable bonds is 5. The third-order valence-electron chi connectivity index (χ3n) is 3.91. The number of halogens is 1. The second kappa shape index (κ2) is 6.15. The van der Waals surface area contributed by atoms with Crippen molar-refractivity contribution in [2.45, 2.75) is 42.4 Å². The highest BCUT2D eigenvalue weighted by atomic mass is 32.2. The summed E-state index contributed by atoms with van der Waals surface area (Å²) in [6, 6.07) is 6.43. The maximum atomic E-state index is 12.9. The molecule has 1 aliphatic heterocycles. The van der Waals surface area contributed by atoms with Crippen molar-refractivity contribution in [1.82, 2.24) is 15.5 Å². The van der Waals surface area contributed by atoms with E-state index < -0.39 is 0 Å². The van der Waals surface area contributed by atoms with E-state index in [1.54, 1.807) is 23.9 Å². The second-order valence-corrected chi connectivity index (χ2v) is 6.27. The minimum Gasteiger partial charge on any atom is -0.337 e. The number of hydrogen-bond donors (Lipinski definition) is 1. The molecule has 4 nitrogen and oxygen atoms in total. The van der Waals surface area contributed by atoms with Crippen LogP contribution in [0.2, 0.25) is 0 Å². The van der Waals surface area contributed by atoms with E-state index in [1.807, 2.05) is 0 Å². The van der Waals surface area contributed by atoms with Crippen LogP contribution in [0.15, 0.2) is 33.7 Å². The molecule has 21 heavy (non-hydrogen) atoms. The molecule has 1 aromatic carbocycles. The molecule has 0 amide bonds. The molecular formula is C15H18FN3OS. The second-order valence-electron chi connectivity index (χ2n) is 5.22. The molecule has 1 aliphatic rings. The van der Waals surface area contributed by atoms with Crippen LogP contribution < -0.4 is 5.32 Å². The van der Waals surface area contributed by atoms with Crippen LogP contribution in [-0.4, -0.2) is 16.7 Å². The lowest BCUT2D eigenvalue weighted by Crippen LogP contribution is -2.36. The summed E-state index contributed by atoms with van der Waals surface area (Å²) in [7, 11) is 0. The third-order valence-corrected chi connectivity index (χ3v) is 4.91. The highest BCUT2D eigenvalue weighted by Crippen LogP contribution is 2.33. The van der Waals surface area contributed by atoms with E-state index in [-0.39, 0.29) is 11.4 Å². The standard InChI is InChI=1S/C15H18FN3OS/c1-2-15(8-3-9-17-15)14-18-13(19-20-14)10-21-12-6-4-11(16)5-7-12/h4-7,17H,2-3,8-10H2,1H3. The highest BCUT2D eigenvalue weighted by Gasteiger charge is 2.38. The Balaban J connectivity index is 1.66. The van der Waals surface area contributed by atoms with Crippen LogP contribution in [-0.2, 0) is 11.3 Å². The average molecular weight is 307 g/mol. The number of nitrogens with zero attached hydrogens (tertiary/aromatic N) is 2. The molecule has 1 fully saturated rings. The Morgan fingerprint density at radius 2 is 2.19 bits per heavy atom. The Morgan fingerprint density at radius 1 is 1.38 bits per heavy atom. The third kappa shape index (κ3) is 3.11. The zero-order valence-electron chi connectivity index (χ0n) is 11.9. The molecule has 1 saturated heterocycles.